The zero-order valence-corrected chi connectivity index (χ0v) is 33.5. The van der Waals surface area contributed by atoms with E-state index >= 15 is 0 Å². The van der Waals surface area contributed by atoms with Crippen LogP contribution in [0.3, 0.4) is 0 Å². The minimum Gasteiger partial charge on any atom is -0.456 e. The molecule has 0 spiro atoms. The van der Waals surface area contributed by atoms with E-state index in [0.717, 1.165) is 99.0 Å². The average Bonchev–Trinajstić information content (AvgIpc) is 4.05. The van der Waals surface area contributed by atoms with Gasteiger partial charge in [0.25, 0.3) is 0 Å². The molecule has 292 valence electrons. The molecule has 0 unspecified atom stereocenters. The Morgan fingerprint density at radius 1 is 0.254 bits per heavy atom. The van der Waals surface area contributed by atoms with Gasteiger partial charge in [-0.05, 0) is 80.3 Å². The van der Waals surface area contributed by atoms with Crippen LogP contribution in [-0.2, 0) is 0 Å². The number of fused-ring (bicyclic) bond motifs is 15. The van der Waals surface area contributed by atoms with Gasteiger partial charge in [0.1, 0.15) is 33.5 Å². The van der Waals surface area contributed by atoms with Gasteiger partial charge in [-0.25, -0.2) is 15.0 Å². The van der Waals surface area contributed by atoms with Crippen LogP contribution in [-0.4, -0.2) is 15.0 Å². The average molecular weight is 806 g/mol. The number of nitrogens with zero attached hydrogens (tertiary/aromatic N) is 3. The maximum Gasteiger partial charge on any atom is 0.164 e. The summed E-state index contributed by atoms with van der Waals surface area (Å²) in [7, 11) is 0. The molecule has 0 aliphatic rings. The van der Waals surface area contributed by atoms with Gasteiger partial charge in [0, 0.05) is 54.6 Å². The predicted octanol–water partition coefficient (Wildman–Crippen LogP) is 15.7. The van der Waals surface area contributed by atoms with E-state index in [9.17, 15) is 0 Å². The fourth-order valence-corrected chi connectivity index (χ4v) is 9.91. The van der Waals surface area contributed by atoms with Gasteiger partial charge in [-0.3, -0.25) is 0 Å². The number of benzene rings is 10. The van der Waals surface area contributed by atoms with E-state index in [2.05, 4.69) is 127 Å². The highest BCUT2D eigenvalue weighted by Gasteiger charge is 2.22. The van der Waals surface area contributed by atoms with Crippen LogP contribution in [0.25, 0.3) is 143 Å². The highest BCUT2D eigenvalue weighted by Crippen LogP contribution is 2.44. The van der Waals surface area contributed by atoms with Crippen molar-refractivity contribution in [2.24, 2.45) is 0 Å². The molecule has 0 aliphatic heterocycles. The smallest absolute Gasteiger partial charge is 0.164 e. The molecule has 0 N–H and O–H groups in total. The van der Waals surface area contributed by atoms with Crippen LogP contribution in [0.2, 0.25) is 0 Å². The lowest BCUT2D eigenvalue weighted by atomic mass is 9.93. The molecule has 63 heavy (non-hydrogen) atoms. The van der Waals surface area contributed by atoms with Gasteiger partial charge >= 0.3 is 0 Å². The molecule has 4 heterocycles. The molecule has 0 saturated carbocycles. The van der Waals surface area contributed by atoms with E-state index in [4.69, 9.17) is 28.2 Å². The quantitative estimate of drug-likeness (QED) is 0.165. The fraction of sp³-hybridized carbons (Fsp3) is 0. The molecular weight excluding hydrogens is 775 g/mol. The SMILES string of the molecule is c1ccc2c(c1)oc1cc(-c3nc(-c4ccc5c6ccccc6c6ccccc6c5c4)nc(-c4cccc5oc6c(-c7cccc8oc9ccccc9c78)cccc6c45)n3)ccc12. The standard InChI is InChI=1S/C57H31N3O3/c1-2-14-36-34(12-1)35-13-3-4-15-37(35)46-30-32(26-28-38(36)46)55-58-56(33-27-29-40-39-16-5-7-22-47(39)62-51(40)31-33)60-57(59-55)45-21-11-25-50-53(45)44-20-9-19-42(54(44)63-50)41-18-10-24-49-52(41)43-17-6-8-23-48(43)61-49/h1-31H. The normalized spacial score (nSPS) is 12.1. The van der Waals surface area contributed by atoms with E-state index in [0.29, 0.717) is 17.5 Å². The summed E-state index contributed by atoms with van der Waals surface area (Å²) in [6.45, 7) is 0. The lowest BCUT2D eigenvalue weighted by Gasteiger charge is -2.13. The molecule has 6 nitrogen and oxygen atoms in total. The Bertz CT molecular complexity index is 4200. The molecule has 4 aromatic heterocycles. The van der Waals surface area contributed by atoms with E-state index in [-0.39, 0.29) is 0 Å². The van der Waals surface area contributed by atoms with Crippen LogP contribution in [0, 0.1) is 0 Å². The number of hydrogen-bond acceptors (Lipinski definition) is 6. The summed E-state index contributed by atoms with van der Waals surface area (Å²) in [5.74, 6) is 1.66. The van der Waals surface area contributed by atoms with Crippen LogP contribution < -0.4 is 0 Å². The highest BCUT2D eigenvalue weighted by molar-refractivity contribution is 6.26. The second kappa shape index (κ2) is 12.9. The molecule has 0 fully saturated rings. The van der Waals surface area contributed by atoms with E-state index in [1.54, 1.807) is 0 Å². The largest absolute Gasteiger partial charge is 0.456 e. The van der Waals surface area contributed by atoms with Crippen LogP contribution in [0.5, 0.6) is 0 Å². The Kier molecular flexibility index (Phi) is 7.02. The molecule has 0 bridgehead atoms. The molecule has 0 saturated heterocycles. The third-order valence-corrected chi connectivity index (χ3v) is 12.7. The maximum atomic E-state index is 6.85. The molecule has 6 heteroatoms. The van der Waals surface area contributed by atoms with Crippen molar-refractivity contribution < 1.29 is 13.3 Å². The Morgan fingerprint density at radius 2 is 0.698 bits per heavy atom. The Balaban J connectivity index is 1.01. The summed E-state index contributed by atoms with van der Waals surface area (Å²) in [5.41, 5.74) is 9.44. The van der Waals surface area contributed by atoms with Crippen molar-refractivity contribution in [1.29, 1.82) is 0 Å². The summed E-state index contributed by atoms with van der Waals surface area (Å²) in [6, 6.07) is 65.0. The van der Waals surface area contributed by atoms with E-state index in [1.807, 2.05) is 60.7 Å². The molecule has 14 rings (SSSR count). The van der Waals surface area contributed by atoms with Gasteiger partial charge in [-0.1, -0.05) is 146 Å². The minimum atomic E-state index is 0.546. The zero-order valence-electron chi connectivity index (χ0n) is 33.5. The number of rotatable bonds is 4. The first-order valence-corrected chi connectivity index (χ1v) is 21.1. The van der Waals surface area contributed by atoms with Gasteiger partial charge in [0.15, 0.2) is 17.5 Å². The van der Waals surface area contributed by atoms with Crippen molar-refractivity contribution in [1.82, 2.24) is 15.0 Å². The summed E-state index contributed by atoms with van der Waals surface area (Å²) in [6.07, 6.45) is 0. The van der Waals surface area contributed by atoms with Crippen molar-refractivity contribution in [3.8, 4) is 45.3 Å². The highest BCUT2D eigenvalue weighted by atomic mass is 16.3. The summed E-state index contributed by atoms with van der Waals surface area (Å²) < 4.78 is 19.5. The van der Waals surface area contributed by atoms with E-state index < -0.39 is 0 Å². The summed E-state index contributed by atoms with van der Waals surface area (Å²) in [4.78, 5) is 15.9. The van der Waals surface area contributed by atoms with Gasteiger partial charge in [-0.2, -0.15) is 0 Å². The van der Waals surface area contributed by atoms with Crippen LogP contribution in [0.1, 0.15) is 0 Å². The molecule has 0 radical (unpaired) electrons. The van der Waals surface area contributed by atoms with Gasteiger partial charge in [-0.15, -0.1) is 0 Å². The third-order valence-electron chi connectivity index (χ3n) is 12.7. The molecule has 14 aromatic rings. The lowest BCUT2D eigenvalue weighted by molar-refractivity contribution is 0.668. The molecule has 0 atom stereocenters. The second-order valence-corrected chi connectivity index (χ2v) is 16.2. The van der Waals surface area contributed by atoms with Crippen molar-refractivity contribution in [2.75, 3.05) is 0 Å². The number of hydrogen-bond donors (Lipinski definition) is 0. The number of para-hydroxylation sites is 3. The molecular formula is C57H31N3O3. The molecule has 10 aromatic carbocycles. The van der Waals surface area contributed by atoms with Crippen molar-refractivity contribution in [2.45, 2.75) is 0 Å². The minimum absolute atomic E-state index is 0.546. The Hall–Kier alpha value is -8.61. The summed E-state index contributed by atoms with van der Waals surface area (Å²) in [5, 5.41) is 13.3. The topological polar surface area (TPSA) is 78.1 Å². The van der Waals surface area contributed by atoms with Crippen molar-refractivity contribution >= 4 is 98.1 Å². The number of aromatic nitrogens is 3. The summed E-state index contributed by atoms with van der Waals surface area (Å²) >= 11 is 0. The second-order valence-electron chi connectivity index (χ2n) is 16.2. The van der Waals surface area contributed by atoms with Gasteiger partial charge in [0.2, 0.25) is 0 Å². The molecule has 0 aliphatic carbocycles. The maximum absolute atomic E-state index is 6.85. The van der Waals surface area contributed by atoms with Crippen molar-refractivity contribution in [3.63, 3.8) is 0 Å². The first-order chi connectivity index (χ1) is 31.2. The lowest BCUT2D eigenvalue weighted by Crippen LogP contribution is -2.00. The number of furan rings is 3. The zero-order chi connectivity index (χ0) is 41.2. The van der Waals surface area contributed by atoms with E-state index in [1.165, 1.54) is 26.9 Å². The Morgan fingerprint density at radius 3 is 1.43 bits per heavy atom. The first-order valence-electron chi connectivity index (χ1n) is 21.1. The fourth-order valence-electron chi connectivity index (χ4n) is 9.91. The Labute approximate surface area is 358 Å². The van der Waals surface area contributed by atoms with Gasteiger partial charge in [0.05, 0.1) is 0 Å². The van der Waals surface area contributed by atoms with Crippen molar-refractivity contribution in [3.05, 3.63) is 188 Å². The first kappa shape index (κ1) is 34.1. The van der Waals surface area contributed by atoms with Crippen LogP contribution in [0.15, 0.2) is 201 Å². The van der Waals surface area contributed by atoms with Crippen LogP contribution in [0.4, 0.5) is 0 Å². The monoisotopic (exact) mass is 805 g/mol. The van der Waals surface area contributed by atoms with Crippen LogP contribution >= 0.6 is 0 Å². The van der Waals surface area contributed by atoms with Gasteiger partial charge < -0.3 is 13.3 Å². The predicted molar refractivity (Wildman–Crippen MR) is 256 cm³/mol. The molecule has 0 amide bonds. The third kappa shape index (κ3) is 5.03.